The van der Waals surface area contributed by atoms with Gasteiger partial charge in [-0.15, -0.1) is 16.3 Å². The topological polar surface area (TPSA) is 110 Å². The standard InChI is InChI=1S/C16H18N6O3S/c1-9-7-10(2)18-16-12(9)13(17)14(26-16)15(23)19-11-8-22(20-25-11)21-3-5-24-6-4-21/h7-8H,3-6H2,1-2H3,(H2-,17,19,20,23)/p+1. The number of nitrogens with zero attached hydrogens (tertiary/aromatic N) is 4. The summed E-state index contributed by atoms with van der Waals surface area (Å²) in [4.78, 5) is 19.9. The van der Waals surface area contributed by atoms with Crippen LogP contribution >= 0.6 is 11.3 Å². The molecule has 3 aromatic rings. The highest BCUT2D eigenvalue weighted by molar-refractivity contribution is 7.21. The second-order valence-corrected chi connectivity index (χ2v) is 7.11. The Hall–Kier alpha value is -2.72. The third-order valence-corrected chi connectivity index (χ3v) is 5.30. The Morgan fingerprint density at radius 2 is 2.15 bits per heavy atom. The van der Waals surface area contributed by atoms with E-state index in [1.165, 1.54) is 11.3 Å². The van der Waals surface area contributed by atoms with E-state index < -0.39 is 0 Å². The number of ether oxygens (including phenoxy) is 1. The van der Waals surface area contributed by atoms with Gasteiger partial charge < -0.3 is 10.5 Å². The van der Waals surface area contributed by atoms with Crippen LogP contribution in [0.25, 0.3) is 10.2 Å². The first-order chi connectivity index (χ1) is 12.5. The molecule has 9 nitrogen and oxygen atoms in total. The van der Waals surface area contributed by atoms with E-state index in [0.29, 0.717) is 36.9 Å². The number of rotatable bonds is 3. The minimum atomic E-state index is -0.340. The van der Waals surface area contributed by atoms with Gasteiger partial charge in [-0.1, -0.05) is 0 Å². The van der Waals surface area contributed by atoms with Crippen molar-refractivity contribution in [1.29, 1.82) is 0 Å². The Kier molecular flexibility index (Phi) is 4.21. The van der Waals surface area contributed by atoms with Gasteiger partial charge in [-0.25, -0.2) is 4.98 Å². The number of pyridine rings is 1. The van der Waals surface area contributed by atoms with Crippen LogP contribution in [0.1, 0.15) is 20.9 Å². The van der Waals surface area contributed by atoms with Crippen LogP contribution in [0.5, 0.6) is 0 Å². The van der Waals surface area contributed by atoms with Gasteiger partial charge in [-0.05, 0) is 25.5 Å². The third-order valence-electron chi connectivity index (χ3n) is 4.20. The van der Waals surface area contributed by atoms with E-state index in [0.717, 1.165) is 21.5 Å². The lowest BCUT2D eigenvalue weighted by molar-refractivity contribution is -0.759. The van der Waals surface area contributed by atoms with Gasteiger partial charge in [0.05, 0.1) is 36.8 Å². The van der Waals surface area contributed by atoms with E-state index in [2.05, 4.69) is 15.6 Å². The summed E-state index contributed by atoms with van der Waals surface area (Å²) in [6, 6.07) is 1.95. The van der Waals surface area contributed by atoms with Crippen molar-refractivity contribution in [3.8, 4) is 0 Å². The average molecular weight is 375 g/mol. The predicted octanol–water partition coefficient (Wildman–Crippen LogP) is 0.991. The molecule has 1 fully saturated rings. The van der Waals surface area contributed by atoms with E-state index in [1.54, 1.807) is 11.0 Å². The van der Waals surface area contributed by atoms with E-state index >= 15 is 0 Å². The predicted molar refractivity (Wildman–Crippen MR) is 96.9 cm³/mol. The number of carbonyl (C=O) groups excluding carboxylic acids is 1. The number of hydrogen-bond donors (Lipinski definition) is 2. The molecule has 4 rings (SSSR count). The molecule has 136 valence electrons. The van der Waals surface area contributed by atoms with Crippen molar-refractivity contribution in [3.05, 3.63) is 28.4 Å². The molecule has 0 bridgehead atoms. The second kappa shape index (κ2) is 6.54. The highest BCUT2D eigenvalue weighted by Crippen LogP contribution is 2.35. The highest BCUT2D eigenvalue weighted by Gasteiger charge is 2.25. The SMILES string of the molecule is Cc1cc(C)c2c(N)c(C(=O)Nc3c[n+](N4CCOCC4)no3)sc2n1. The molecular formula is C16H19N6O3S+. The summed E-state index contributed by atoms with van der Waals surface area (Å²) in [5.41, 5.74) is 8.54. The largest absolute Gasteiger partial charge is 0.397 e. The Bertz CT molecular complexity index is 976. The van der Waals surface area contributed by atoms with Gasteiger partial charge >= 0.3 is 5.88 Å². The molecule has 1 aliphatic heterocycles. The van der Waals surface area contributed by atoms with Crippen LogP contribution in [0.15, 0.2) is 16.8 Å². The van der Waals surface area contributed by atoms with E-state index in [1.807, 2.05) is 24.9 Å². The van der Waals surface area contributed by atoms with Gasteiger partial charge in [-0.3, -0.25) is 14.6 Å². The molecule has 4 heterocycles. The number of morpholine rings is 1. The van der Waals surface area contributed by atoms with E-state index in [9.17, 15) is 4.79 Å². The van der Waals surface area contributed by atoms with Crippen LogP contribution in [0.3, 0.4) is 0 Å². The zero-order valence-electron chi connectivity index (χ0n) is 14.5. The summed E-state index contributed by atoms with van der Waals surface area (Å²) >= 11 is 1.27. The maximum absolute atomic E-state index is 12.6. The van der Waals surface area contributed by atoms with Crippen molar-refractivity contribution in [3.63, 3.8) is 0 Å². The molecule has 0 spiro atoms. The minimum Gasteiger partial charge on any atom is -0.397 e. The lowest BCUT2D eigenvalue weighted by atomic mass is 10.1. The zero-order valence-corrected chi connectivity index (χ0v) is 15.3. The van der Waals surface area contributed by atoms with E-state index in [4.69, 9.17) is 15.0 Å². The molecule has 10 heteroatoms. The number of nitrogens with two attached hydrogens (primary N) is 1. The van der Waals surface area contributed by atoms with Crippen LogP contribution < -0.4 is 20.9 Å². The van der Waals surface area contributed by atoms with Crippen LogP contribution in [-0.2, 0) is 4.74 Å². The molecule has 1 saturated heterocycles. The van der Waals surface area contributed by atoms with Crippen LogP contribution in [-0.4, -0.2) is 42.5 Å². The number of aryl methyl sites for hydroxylation is 2. The number of thiophene rings is 1. The fraction of sp³-hybridized carbons (Fsp3) is 0.375. The van der Waals surface area contributed by atoms with Crippen molar-refractivity contribution < 1.29 is 18.8 Å². The van der Waals surface area contributed by atoms with Gasteiger partial charge in [-0.2, -0.15) is 0 Å². The van der Waals surface area contributed by atoms with Gasteiger partial charge in [0.15, 0.2) is 0 Å². The molecule has 1 aliphatic rings. The summed E-state index contributed by atoms with van der Waals surface area (Å²) in [6.07, 6.45) is 1.63. The summed E-state index contributed by atoms with van der Waals surface area (Å²) in [6.45, 7) is 6.55. The smallest absolute Gasteiger partial charge is 0.306 e. The molecule has 0 aliphatic carbocycles. The first kappa shape index (κ1) is 16.7. The Balaban J connectivity index is 1.57. The average Bonchev–Trinajstić information content (AvgIpc) is 3.20. The van der Waals surface area contributed by atoms with Gasteiger partial charge in [0, 0.05) is 11.1 Å². The number of amides is 1. The Morgan fingerprint density at radius 1 is 1.38 bits per heavy atom. The van der Waals surface area contributed by atoms with Crippen molar-refractivity contribution in [2.45, 2.75) is 13.8 Å². The van der Waals surface area contributed by atoms with Crippen LogP contribution in [0, 0.1) is 13.8 Å². The number of nitrogens with one attached hydrogen (secondary N) is 1. The minimum absolute atomic E-state index is 0.249. The van der Waals surface area contributed by atoms with Crippen LogP contribution in [0.4, 0.5) is 11.6 Å². The summed E-state index contributed by atoms with van der Waals surface area (Å²) in [7, 11) is 0. The van der Waals surface area contributed by atoms with Gasteiger partial charge in [0.2, 0.25) is 5.27 Å². The number of anilines is 2. The third kappa shape index (κ3) is 2.97. The number of aromatic nitrogens is 3. The Labute approximate surface area is 153 Å². The number of nitrogen functional groups attached to an aromatic ring is 1. The van der Waals surface area contributed by atoms with Gasteiger partial charge in [0.25, 0.3) is 12.1 Å². The second-order valence-electron chi connectivity index (χ2n) is 6.11. The van der Waals surface area contributed by atoms with E-state index in [-0.39, 0.29) is 11.8 Å². The molecule has 0 aromatic carbocycles. The molecule has 3 aromatic heterocycles. The van der Waals surface area contributed by atoms with Crippen molar-refractivity contribution in [1.82, 2.24) is 10.3 Å². The maximum atomic E-state index is 12.6. The van der Waals surface area contributed by atoms with Gasteiger partial charge in [0.1, 0.15) is 9.71 Å². The molecule has 0 atom stereocenters. The first-order valence-electron chi connectivity index (χ1n) is 8.22. The fourth-order valence-electron chi connectivity index (χ4n) is 2.99. The molecular weight excluding hydrogens is 356 g/mol. The number of fused-ring (bicyclic) bond motifs is 1. The normalized spacial score (nSPS) is 14.8. The number of hydrogen-bond acceptors (Lipinski definition) is 8. The lowest BCUT2D eigenvalue weighted by Crippen LogP contribution is -2.62. The fourth-order valence-corrected chi connectivity index (χ4v) is 4.10. The molecule has 3 N–H and O–H groups in total. The molecule has 0 saturated carbocycles. The summed E-state index contributed by atoms with van der Waals surface area (Å²) < 4.78 is 10.5. The van der Waals surface area contributed by atoms with Crippen molar-refractivity contribution in [2.24, 2.45) is 0 Å². The first-order valence-corrected chi connectivity index (χ1v) is 9.04. The summed E-state index contributed by atoms with van der Waals surface area (Å²) in [5.74, 6) is -0.0907. The zero-order chi connectivity index (χ0) is 18.3. The molecule has 0 radical (unpaired) electrons. The number of carbonyl (C=O) groups is 1. The Morgan fingerprint density at radius 3 is 2.92 bits per heavy atom. The molecule has 0 unspecified atom stereocenters. The van der Waals surface area contributed by atoms with Crippen molar-refractivity contribution >= 4 is 39.0 Å². The van der Waals surface area contributed by atoms with Crippen LogP contribution in [0.2, 0.25) is 0 Å². The van der Waals surface area contributed by atoms with Crippen molar-refractivity contribution in [2.75, 3.05) is 42.4 Å². The quantitative estimate of drug-likeness (QED) is 0.657. The monoisotopic (exact) mass is 375 g/mol. The maximum Gasteiger partial charge on any atom is 0.306 e. The molecule has 26 heavy (non-hydrogen) atoms. The summed E-state index contributed by atoms with van der Waals surface area (Å²) in [5, 5.41) is 9.43. The highest BCUT2D eigenvalue weighted by atomic mass is 32.1. The lowest BCUT2D eigenvalue weighted by Gasteiger charge is -2.18. The molecule has 1 amide bonds.